The summed E-state index contributed by atoms with van der Waals surface area (Å²) in [6.45, 7) is 1.74. The van der Waals surface area contributed by atoms with Crippen molar-refractivity contribution >= 4 is 22.5 Å². The van der Waals surface area contributed by atoms with E-state index in [2.05, 4.69) is 10.3 Å². The van der Waals surface area contributed by atoms with Gasteiger partial charge in [0, 0.05) is 10.9 Å². The number of anilines is 1. The Morgan fingerprint density at radius 1 is 1.15 bits per heavy atom. The largest absolute Gasteiger partial charge is 0.392 e. The molecule has 27 heavy (non-hydrogen) atoms. The standard InChI is InChI=1S/C21H17F3N2O/c1-12-8-13(17-10-18(17)21(22,23)24)6-7-16(12)20(27)26-15-9-14-4-2-3-5-19(14)25-11-15/h2-9,11,17-18H,10H2,1H3,(H,26,27)/t17-,18+/m1/s1. The minimum atomic E-state index is -4.16. The zero-order valence-electron chi connectivity index (χ0n) is 14.5. The molecule has 0 saturated heterocycles. The molecule has 3 aromatic rings. The molecule has 1 aliphatic rings. The molecule has 1 amide bonds. The predicted molar refractivity (Wildman–Crippen MR) is 97.8 cm³/mol. The number of aromatic nitrogens is 1. The summed E-state index contributed by atoms with van der Waals surface area (Å²) >= 11 is 0. The highest BCUT2D eigenvalue weighted by molar-refractivity contribution is 6.05. The van der Waals surface area contributed by atoms with Crippen LogP contribution < -0.4 is 5.32 Å². The van der Waals surface area contributed by atoms with E-state index in [9.17, 15) is 18.0 Å². The number of para-hydroxylation sites is 1. The van der Waals surface area contributed by atoms with Crippen LogP contribution in [-0.4, -0.2) is 17.1 Å². The third-order valence-electron chi connectivity index (χ3n) is 4.98. The lowest BCUT2D eigenvalue weighted by Gasteiger charge is -2.11. The lowest BCUT2D eigenvalue weighted by Crippen LogP contribution is -2.14. The van der Waals surface area contributed by atoms with Gasteiger partial charge in [0.2, 0.25) is 0 Å². The molecule has 1 saturated carbocycles. The molecule has 1 N–H and O–H groups in total. The maximum Gasteiger partial charge on any atom is 0.392 e. The molecule has 1 heterocycles. The van der Waals surface area contributed by atoms with Crippen LogP contribution in [0.2, 0.25) is 0 Å². The molecule has 4 rings (SSSR count). The average Bonchev–Trinajstić information content (AvgIpc) is 3.42. The van der Waals surface area contributed by atoms with Crippen LogP contribution in [0.25, 0.3) is 10.9 Å². The van der Waals surface area contributed by atoms with Crippen molar-refractivity contribution in [3.8, 4) is 0 Å². The zero-order chi connectivity index (χ0) is 19.2. The maximum absolute atomic E-state index is 12.8. The van der Waals surface area contributed by atoms with Gasteiger partial charge in [0.1, 0.15) is 0 Å². The second-order valence-corrected chi connectivity index (χ2v) is 6.94. The number of alkyl halides is 3. The third-order valence-corrected chi connectivity index (χ3v) is 4.98. The first kappa shape index (κ1) is 17.5. The maximum atomic E-state index is 12.8. The number of carbonyl (C=O) groups is 1. The smallest absolute Gasteiger partial charge is 0.321 e. The fraction of sp³-hybridized carbons (Fsp3) is 0.238. The number of nitrogens with one attached hydrogen (secondary N) is 1. The van der Waals surface area contributed by atoms with Crippen molar-refractivity contribution in [1.82, 2.24) is 4.98 Å². The van der Waals surface area contributed by atoms with Gasteiger partial charge in [-0.1, -0.05) is 30.3 Å². The molecule has 2 atom stereocenters. The number of aryl methyl sites for hydroxylation is 1. The molecule has 0 radical (unpaired) electrons. The van der Waals surface area contributed by atoms with Gasteiger partial charge in [-0.15, -0.1) is 0 Å². The molecule has 2 aromatic carbocycles. The highest BCUT2D eigenvalue weighted by Gasteiger charge is 2.56. The molecule has 6 heteroatoms. The van der Waals surface area contributed by atoms with Gasteiger partial charge >= 0.3 is 6.18 Å². The molecule has 0 bridgehead atoms. The number of fused-ring (bicyclic) bond motifs is 1. The third kappa shape index (κ3) is 3.52. The van der Waals surface area contributed by atoms with Gasteiger partial charge in [-0.25, -0.2) is 0 Å². The van der Waals surface area contributed by atoms with E-state index in [4.69, 9.17) is 0 Å². The number of carbonyl (C=O) groups excluding carboxylic acids is 1. The summed E-state index contributed by atoms with van der Waals surface area (Å²) in [5.74, 6) is -2.06. The summed E-state index contributed by atoms with van der Waals surface area (Å²) < 4.78 is 38.3. The fourth-order valence-corrected chi connectivity index (χ4v) is 3.44. The number of halogens is 3. The lowest BCUT2D eigenvalue weighted by atomic mass is 10.0. The first-order chi connectivity index (χ1) is 12.8. The first-order valence-electron chi connectivity index (χ1n) is 8.66. The Kier molecular flexibility index (Phi) is 4.13. The van der Waals surface area contributed by atoms with Crippen molar-refractivity contribution in [2.75, 3.05) is 5.32 Å². The normalized spacial score (nSPS) is 19.1. The average molecular weight is 370 g/mol. The van der Waals surface area contributed by atoms with E-state index in [1.54, 1.807) is 31.3 Å². The van der Waals surface area contributed by atoms with E-state index >= 15 is 0 Å². The summed E-state index contributed by atoms with van der Waals surface area (Å²) in [5.41, 5.74) is 3.14. The SMILES string of the molecule is Cc1cc([C@H]2C[C@@H]2C(F)(F)F)ccc1C(=O)Nc1cnc2ccccc2c1. The summed E-state index contributed by atoms with van der Waals surface area (Å²) in [5, 5.41) is 3.72. The second-order valence-electron chi connectivity index (χ2n) is 6.94. The Bertz CT molecular complexity index is 1030. The van der Waals surface area contributed by atoms with Crippen LogP contribution in [0.3, 0.4) is 0 Å². The molecule has 138 valence electrons. The van der Waals surface area contributed by atoms with Crippen LogP contribution in [0, 0.1) is 12.8 Å². The Morgan fingerprint density at radius 2 is 1.93 bits per heavy atom. The van der Waals surface area contributed by atoms with Crippen LogP contribution >= 0.6 is 0 Å². The molecular weight excluding hydrogens is 353 g/mol. The van der Waals surface area contributed by atoms with Gasteiger partial charge < -0.3 is 5.32 Å². The van der Waals surface area contributed by atoms with Crippen LogP contribution in [-0.2, 0) is 0 Å². The van der Waals surface area contributed by atoms with Crippen molar-refractivity contribution in [3.63, 3.8) is 0 Å². The molecule has 0 aliphatic heterocycles. The van der Waals surface area contributed by atoms with Crippen molar-refractivity contribution in [3.05, 3.63) is 71.4 Å². The van der Waals surface area contributed by atoms with E-state index in [1.807, 2.05) is 30.3 Å². The van der Waals surface area contributed by atoms with Crippen molar-refractivity contribution < 1.29 is 18.0 Å². The molecule has 1 aliphatic carbocycles. The highest BCUT2D eigenvalue weighted by atomic mass is 19.4. The molecule has 3 nitrogen and oxygen atoms in total. The first-order valence-corrected chi connectivity index (χ1v) is 8.66. The number of pyridine rings is 1. The van der Waals surface area contributed by atoms with Crippen LogP contribution in [0.5, 0.6) is 0 Å². The number of nitrogens with zero attached hydrogens (tertiary/aromatic N) is 1. The van der Waals surface area contributed by atoms with Crippen LogP contribution in [0.4, 0.5) is 18.9 Å². The van der Waals surface area contributed by atoms with E-state index < -0.39 is 18.0 Å². The van der Waals surface area contributed by atoms with Crippen LogP contribution in [0.1, 0.15) is 33.8 Å². The zero-order valence-corrected chi connectivity index (χ0v) is 14.5. The van der Waals surface area contributed by atoms with E-state index in [0.717, 1.165) is 10.9 Å². The minimum absolute atomic E-state index is 0.122. The Labute approximate surface area is 154 Å². The summed E-state index contributed by atoms with van der Waals surface area (Å²) in [6.07, 6.45) is -2.45. The minimum Gasteiger partial charge on any atom is -0.321 e. The second kappa shape index (κ2) is 6.37. The quantitative estimate of drug-likeness (QED) is 0.665. The van der Waals surface area contributed by atoms with E-state index in [0.29, 0.717) is 22.4 Å². The van der Waals surface area contributed by atoms with Crippen molar-refractivity contribution in [2.24, 2.45) is 5.92 Å². The van der Waals surface area contributed by atoms with Gasteiger partial charge in [0.15, 0.2) is 0 Å². The highest BCUT2D eigenvalue weighted by Crippen LogP contribution is 2.56. The summed E-state index contributed by atoms with van der Waals surface area (Å²) in [7, 11) is 0. The number of benzene rings is 2. The topological polar surface area (TPSA) is 42.0 Å². The monoisotopic (exact) mass is 370 g/mol. The van der Waals surface area contributed by atoms with E-state index in [-0.39, 0.29) is 12.3 Å². The van der Waals surface area contributed by atoms with Gasteiger partial charge in [-0.3, -0.25) is 9.78 Å². The fourth-order valence-electron chi connectivity index (χ4n) is 3.44. The molecule has 1 aromatic heterocycles. The molecule has 0 spiro atoms. The number of hydrogen-bond acceptors (Lipinski definition) is 2. The van der Waals surface area contributed by atoms with Crippen LogP contribution in [0.15, 0.2) is 54.7 Å². The van der Waals surface area contributed by atoms with Gasteiger partial charge in [-0.2, -0.15) is 13.2 Å². The Balaban J connectivity index is 1.52. The van der Waals surface area contributed by atoms with Gasteiger partial charge in [0.25, 0.3) is 5.91 Å². The molecule has 0 unspecified atom stereocenters. The van der Waals surface area contributed by atoms with Crippen molar-refractivity contribution in [1.29, 1.82) is 0 Å². The summed E-state index contributed by atoms with van der Waals surface area (Å²) in [4.78, 5) is 16.9. The Morgan fingerprint density at radius 3 is 2.63 bits per heavy atom. The van der Waals surface area contributed by atoms with Crippen molar-refractivity contribution in [2.45, 2.75) is 25.4 Å². The number of amides is 1. The molecular formula is C21H17F3N2O. The predicted octanol–water partition coefficient (Wildman–Crippen LogP) is 5.46. The van der Waals surface area contributed by atoms with E-state index in [1.165, 1.54) is 0 Å². The molecule has 1 fully saturated rings. The number of rotatable bonds is 3. The summed E-state index contributed by atoms with van der Waals surface area (Å²) in [6, 6.07) is 14.3. The number of hydrogen-bond donors (Lipinski definition) is 1. The van der Waals surface area contributed by atoms with Gasteiger partial charge in [0.05, 0.1) is 23.3 Å². The Hall–Kier alpha value is -2.89. The lowest BCUT2D eigenvalue weighted by molar-refractivity contribution is -0.148. The van der Waals surface area contributed by atoms with Gasteiger partial charge in [-0.05, 0) is 48.6 Å².